The van der Waals surface area contributed by atoms with Crippen molar-refractivity contribution >= 4 is 21.9 Å². The van der Waals surface area contributed by atoms with E-state index < -0.39 is 27.9 Å². The molecule has 0 saturated carbocycles. The quantitative estimate of drug-likeness (QED) is 0.626. The summed E-state index contributed by atoms with van der Waals surface area (Å²) in [5.74, 6) is -2.07. The molecule has 1 unspecified atom stereocenters. The molecule has 0 aliphatic carbocycles. The Hall–Kier alpha value is -1.87. The third kappa shape index (κ3) is 2.87. The van der Waals surface area contributed by atoms with Crippen molar-refractivity contribution in [1.29, 1.82) is 0 Å². The SMILES string of the molecule is CC(NS(=O)(=O)c1cc(C(N)=O)n(C)c1)C(=O)O. The second kappa shape index (κ2) is 4.78. The molecule has 1 heterocycles. The van der Waals surface area contributed by atoms with Crippen molar-refractivity contribution < 1.29 is 23.1 Å². The van der Waals surface area contributed by atoms with Crippen LogP contribution in [-0.4, -0.2) is 36.0 Å². The molecule has 1 atom stereocenters. The van der Waals surface area contributed by atoms with Crippen molar-refractivity contribution in [3.8, 4) is 0 Å². The molecule has 1 rings (SSSR count). The minimum atomic E-state index is -4.00. The Balaban J connectivity index is 3.10. The van der Waals surface area contributed by atoms with E-state index in [4.69, 9.17) is 10.8 Å². The third-order valence-corrected chi connectivity index (χ3v) is 3.75. The van der Waals surface area contributed by atoms with Crippen molar-refractivity contribution in [2.24, 2.45) is 12.8 Å². The highest BCUT2D eigenvalue weighted by Gasteiger charge is 2.24. The topological polar surface area (TPSA) is 131 Å². The number of carboxylic acid groups (broad SMARTS) is 1. The van der Waals surface area contributed by atoms with Gasteiger partial charge in [-0.2, -0.15) is 4.72 Å². The zero-order chi connectivity index (χ0) is 14.1. The minimum Gasteiger partial charge on any atom is -0.480 e. The number of hydrogen-bond acceptors (Lipinski definition) is 4. The first kappa shape index (κ1) is 14.2. The number of nitrogens with zero attached hydrogens (tertiary/aromatic N) is 1. The molecule has 4 N–H and O–H groups in total. The van der Waals surface area contributed by atoms with E-state index in [0.717, 1.165) is 6.07 Å². The summed E-state index contributed by atoms with van der Waals surface area (Å²) < 4.78 is 26.8. The van der Waals surface area contributed by atoms with Crippen LogP contribution in [0.15, 0.2) is 17.2 Å². The van der Waals surface area contributed by atoms with Gasteiger partial charge in [-0.1, -0.05) is 0 Å². The maximum atomic E-state index is 11.8. The Morgan fingerprint density at radius 3 is 2.44 bits per heavy atom. The van der Waals surface area contributed by atoms with E-state index in [1.54, 1.807) is 0 Å². The van der Waals surface area contributed by atoms with Gasteiger partial charge < -0.3 is 15.4 Å². The number of nitrogens with two attached hydrogens (primary N) is 1. The Morgan fingerprint density at radius 1 is 1.50 bits per heavy atom. The van der Waals surface area contributed by atoms with Crippen LogP contribution in [0.2, 0.25) is 0 Å². The van der Waals surface area contributed by atoms with Crippen LogP contribution in [0.5, 0.6) is 0 Å². The van der Waals surface area contributed by atoms with Crippen molar-refractivity contribution in [2.45, 2.75) is 17.9 Å². The maximum Gasteiger partial charge on any atom is 0.321 e. The molecular weight excluding hydrogens is 262 g/mol. The van der Waals surface area contributed by atoms with Gasteiger partial charge >= 0.3 is 5.97 Å². The molecule has 0 saturated heterocycles. The first-order valence-electron chi connectivity index (χ1n) is 4.86. The van der Waals surface area contributed by atoms with Crippen LogP contribution in [0, 0.1) is 0 Å². The average molecular weight is 275 g/mol. The number of carbonyl (C=O) groups is 2. The summed E-state index contributed by atoms with van der Waals surface area (Å²) in [5, 5.41) is 8.63. The molecule has 1 aromatic heterocycles. The fourth-order valence-corrected chi connectivity index (χ4v) is 2.54. The van der Waals surface area contributed by atoms with Crippen molar-refractivity contribution in [2.75, 3.05) is 0 Å². The number of hydrogen-bond donors (Lipinski definition) is 3. The van der Waals surface area contributed by atoms with Crippen molar-refractivity contribution in [3.05, 3.63) is 18.0 Å². The molecule has 0 spiro atoms. The molecule has 18 heavy (non-hydrogen) atoms. The third-order valence-electron chi connectivity index (χ3n) is 2.24. The van der Waals surface area contributed by atoms with Gasteiger partial charge in [0, 0.05) is 13.2 Å². The summed E-state index contributed by atoms with van der Waals surface area (Å²) in [4.78, 5) is 21.4. The summed E-state index contributed by atoms with van der Waals surface area (Å²) in [6, 6.07) is -0.189. The van der Waals surface area contributed by atoms with Gasteiger partial charge in [0.15, 0.2) is 0 Å². The first-order chi connectivity index (χ1) is 8.15. The molecule has 0 aliphatic rings. The van der Waals surface area contributed by atoms with E-state index in [1.165, 1.54) is 24.7 Å². The first-order valence-corrected chi connectivity index (χ1v) is 6.35. The van der Waals surface area contributed by atoms with E-state index in [2.05, 4.69) is 0 Å². The highest BCUT2D eigenvalue weighted by molar-refractivity contribution is 7.89. The van der Waals surface area contributed by atoms with Gasteiger partial charge in [-0.15, -0.1) is 0 Å². The summed E-state index contributed by atoms with van der Waals surface area (Å²) >= 11 is 0. The van der Waals surface area contributed by atoms with Crippen LogP contribution in [0.25, 0.3) is 0 Å². The van der Waals surface area contributed by atoms with Gasteiger partial charge in [0.1, 0.15) is 16.6 Å². The number of carboxylic acids is 1. The molecule has 0 bridgehead atoms. The van der Waals surface area contributed by atoms with Gasteiger partial charge in [-0.25, -0.2) is 8.42 Å². The Kier molecular flexibility index (Phi) is 3.77. The Bertz CT molecular complexity index is 589. The average Bonchev–Trinajstić information content (AvgIpc) is 2.60. The monoisotopic (exact) mass is 275 g/mol. The molecule has 0 fully saturated rings. The molecule has 1 aromatic rings. The highest BCUT2D eigenvalue weighted by atomic mass is 32.2. The smallest absolute Gasteiger partial charge is 0.321 e. The lowest BCUT2D eigenvalue weighted by molar-refractivity contribution is -0.138. The van der Waals surface area contributed by atoms with E-state index in [9.17, 15) is 18.0 Å². The number of sulfonamides is 1. The summed E-state index contributed by atoms with van der Waals surface area (Å²) in [7, 11) is -2.54. The predicted octanol–water partition coefficient (Wildman–Crippen LogP) is -1.12. The number of nitrogens with one attached hydrogen (secondary N) is 1. The number of aliphatic carboxylic acids is 1. The molecule has 1 amide bonds. The zero-order valence-corrected chi connectivity index (χ0v) is 10.6. The number of aryl methyl sites for hydroxylation is 1. The lowest BCUT2D eigenvalue weighted by Crippen LogP contribution is -2.38. The molecule has 0 aliphatic heterocycles. The highest BCUT2D eigenvalue weighted by Crippen LogP contribution is 2.13. The predicted molar refractivity (Wildman–Crippen MR) is 61.4 cm³/mol. The van der Waals surface area contributed by atoms with Crippen LogP contribution in [0.4, 0.5) is 0 Å². The molecule has 0 aromatic carbocycles. The van der Waals surface area contributed by atoms with Crippen LogP contribution < -0.4 is 10.5 Å². The largest absolute Gasteiger partial charge is 0.480 e. The van der Waals surface area contributed by atoms with Crippen LogP contribution in [0.3, 0.4) is 0 Å². The van der Waals surface area contributed by atoms with Crippen LogP contribution >= 0.6 is 0 Å². The lowest BCUT2D eigenvalue weighted by atomic mass is 10.4. The number of rotatable bonds is 5. The second-order valence-electron chi connectivity index (χ2n) is 3.72. The van der Waals surface area contributed by atoms with Crippen molar-refractivity contribution in [3.63, 3.8) is 0 Å². The van der Waals surface area contributed by atoms with E-state index >= 15 is 0 Å². The minimum absolute atomic E-state index is 0.0124. The van der Waals surface area contributed by atoms with Gasteiger partial charge in [0.2, 0.25) is 10.0 Å². The normalized spacial score (nSPS) is 13.2. The summed E-state index contributed by atoms with van der Waals surface area (Å²) in [6.45, 7) is 1.19. The number of carbonyl (C=O) groups excluding carboxylic acids is 1. The molecule has 0 radical (unpaired) electrons. The van der Waals surface area contributed by atoms with Crippen LogP contribution in [-0.2, 0) is 21.9 Å². The maximum absolute atomic E-state index is 11.8. The summed E-state index contributed by atoms with van der Waals surface area (Å²) in [5.41, 5.74) is 5.06. The standard InChI is InChI=1S/C9H13N3O5S/c1-5(9(14)15)11-18(16,17)6-3-7(8(10)13)12(2)4-6/h3-5,11H,1-2H3,(H2,10,13)(H,14,15). The number of amides is 1. The van der Waals surface area contributed by atoms with Gasteiger partial charge in [-0.3, -0.25) is 9.59 Å². The molecule has 8 nitrogen and oxygen atoms in total. The van der Waals surface area contributed by atoms with Crippen LogP contribution in [0.1, 0.15) is 17.4 Å². The van der Waals surface area contributed by atoms with Gasteiger partial charge in [0.05, 0.1) is 0 Å². The van der Waals surface area contributed by atoms with Gasteiger partial charge in [0.25, 0.3) is 5.91 Å². The Morgan fingerprint density at radius 2 is 2.06 bits per heavy atom. The zero-order valence-electron chi connectivity index (χ0n) is 9.75. The fourth-order valence-electron chi connectivity index (χ4n) is 1.28. The lowest BCUT2D eigenvalue weighted by Gasteiger charge is -2.08. The number of aromatic nitrogens is 1. The van der Waals surface area contributed by atoms with E-state index in [-0.39, 0.29) is 10.6 Å². The van der Waals surface area contributed by atoms with Crippen molar-refractivity contribution in [1.82, 2.24) is 9.29 Å². The molecule has 9 heteroatoms. The number of primary amides is 1. The van der Waals surface area contributed by atoms with E-state index in [1.807, 2.05) is 4.72 Å². The second-order valence-corrected chi connectivity index (χ2v) is 5.43. The fraction of sp³-hybridized carbons (Fsp3) is 0.333. The Labute approximate surface area is 103 Å². The summed E-state index contributed by atoms with van der Waals surface area (Å²) in [6.07, 6.45) is 1.18. The van der Waals surface area contributed by atoms with E-state index in [0.29, 0.717) is 0 Å². The molecule has 100 valence electrons. The van der Waals surface area contributed by atoms with Gasteiger partial charge in [-0.05, 0) is 13.0 Å². The molecular formula is C9H13N3O5S.